The van der Waals surface area contributed by atoms with Crippen LogP contribution >= 0.6 is 34.7 Å². The van der Waals surface area contributed by atoms with Crippen molar-refractivity contribution < 1.29 is 4.79 Å². The Hall–Kier alpha value is -2.34. The molecule has 4 aromatic rings. The summed E-state index contributed by atoms with van der Waals surface area (Å²) in [6.45, 7) is 0. The van der Waals surface area contributed by atoms with E-state index in [1.54, 1.807) is 11.3 Å². The van der Waals surface area contributed by atoms with Gasteiger partial charge in [0.25, 0.3) is 0 Å². The smallest absolute Gasteiger partial charge is 0.234 e. The number of nitrogens with one attached hydrogen (secondary N) is 1. The van der Waals surface area contributed by atoms with Crippen molar-refractivity contribution in [1.82, 2.24) is 4.98 Å². The highest BCUT2D eigenvalue weighted by atomic mass is 35.5. The molecule has 0 fully saturated rings. The van der Waals surface area contributed by atoms with E-state index in [0.717, 1.165) is 31.4 Å². The topological polar surface area (TPSA) is 42.0 Å². The van der Waals surface area contributed by atoms with Gasteiger partial charge < -0.3 is 5.32 Å². The number of thiazole rings is 1. The van der Waals surface area contributed by atoms with E-state index in [0.29, 0.717) is 10.8 Å². The van der Waals surface area contributed by atoms with Crippen LogP contribution in [0.4, 0.5) is 5.69 Å². The fraction of sp³-hybridized carbons (Fsp3) is 0.0476. The van der Waals surface area contributed by atoms with Crippen LogP contribution < -0.4 is 5.32 Å². The standard InChI is InChI=1S/C21H15ClN2OS2/c22-14-9-11-15(12-10-14)26-13-20(25)23-17-6-2-1-5-16(17)21-24-18-7-3-4-8-19(18)27-21/h1-12H,13H2,(H,23,25). The molecule has 0 atom stereocenters. The molecule has 1 amide bonds. The molecule has 0 aliphatic carbocycles. The number of carbonyl (C=O) groups is 1. The van der Waals surface area contributed by atoms with Crippen LogP contribution in [0.1, 0.15) is 0 Å². The predicted octanol–water partition coefficient (Wildman–Crippen LogP) is 6.35. The summed E-state index contributed by atoms with van der Waals surface area (Å²) < 4.78 is 1.13. The monoisotopic (exact) mass is 410 g/mol. The van der Waals surface area contributed by atoms with Gasteiger partial charge in [-0.25, -0.2) is 4.98 Å². The summed E-state index contributed by atoms with van der Waals surface area (Å²) in [6, 6.07) is 23.3. The van der Waals surface area contributed by atoms with E-state index in [1.807, 2.05) is 66.7 Å². The molecule has 3 aromatic carbocycles. The number of hydrogen-bond donors (Lipinski definition) is 1. The number of carbonyl (C=O) groups excluding carboxylic acids is 1. The van der Waals surface area contributed by atoms with Gasteiger partial charge in [0, 0.05) is 15.5 Å². The molecule has 0 aliphatic rings. The molecule has 1 heterocycles. The number of hydrogen-bond acceptors (Lipinski definition) is 4. The van der Waals surface area contributed by atoms with E-state index in [-0.39, 0.29) is 5.91 Å². The van der Waals surface area contributed by atoms with E-state index >= 15 is 0 Å². The first-order valence-electron chi connectivity index (χ1n) is 8.32. The summed E-state index contributed by atoms with van der Waals surface area (Å²) in [5, 5.41) is 4.60. The van der Waals surface area contributed by atoms with Gasteiger partial charge in [-0.15, -0.1) is 23.1 Å². The third-order valence-corrected chi connectivity index (χ3v) is 6.24. The van der Waals surface area contributed by atoms with Crippen LogP contribution in [0.3, 0.4) is 0 Å². The zero-order valence-electron chi connectivity index (χ0n) is 14.2. The molecule has 0 unspecified atom stereocenters. The maximum Gasteiger partial charge on any atom is 0.234 e. The molecule has 0 saturated carbocycles. The number of para-hydroxylation sites is 2. The minimum absolute atomic E-state index is 0.0523. The van der Waals surface area contributed by atoms with E-state index in [4.69, 9.17) is 16.6 Å². The van der Waals surface area contributed by atoms with E-state index in [9.17, 15) is 4.79 Å². The van der Waals surface area contributed by atoms with Crippen molar-refractivity contribution in [2.24, 2.45) is 0 Å². The minimum Gasteiger partial charge on any atom is -0.325 e. The van der Waals surface area contributed by atoms with E-state index in [2.05, 4.69) is 11.4 Å². The number of nitrogens with zero attached hydrogens (tertiary/aromatic N) is 1. The van der Waals surface area contributed by atoms with Gasteiger partial charge in [0.15, 0.2) is 0 Å². The average molecular weight is 411 g/mol. The molecule has 0 saturated heterocycles. The Balaban J connectivity index is 1.50. The van der Waals surface area contributed by atoms with Gasteiger partial charge in [-0.05, 0) is 48.5 Å². The van der Waals surface area contributed by atoms with Gasteiger partial charge >= 0.3 is 0 Å². The second-order valence-corrected chi connectivity index (χ2v) is 8.34. The van der Waals surface area contributed by atoms with Crippen molar-refractivity contribution in [3.05, 3.63) is 77.8 Å². The van der Waals surface area contributed by atoms with Crippen molar-refractivity contribution in [2.75, 3.05) is 11.1 Å². The van der Waals surface area contributed by atoms with Crippen LogP contribution in [0.2, 0.25) is 5.02 Å². The Morgan fingerprint density at radius 3 is 2.56 bits per heavy atom. The molecule has 3 nitrogen and oxygen atoms in total. The van der Waals surface area contributed by atoms with Crippen LogP contribution in [0.5, 0.6) is 0 Å². The Morgan fingerprint density at radius 1 is 1.00 bits per heavy atom. The molecule has 0 spiro atoms. The number of amides is 1. The molecule has 1 N–H and O–H groups in total. The molecule has 0 aliphatic heterocycles. The van der Waals surface area contributed by atoms with Crippen LogP contribution in [-0.2, 0) is 4.79 Å². The van der Waals surface area contributed by atoms with Crippen molar-refractivity contribution in [1.29, 1.82) is 0 Å². The highest BCUT2D eigenvalue weighted by Gasteiger charge is 2.12. The van der Waals surface area contributed by atoms with Crippen molar-refractivity contribution >= 4 is 56.5 Å². The molecule has 1 aromatic heterocycles. The summed E-state index contributed by atoms with van der Waals surface area (Å²) in [4.78, 5) is 18.1. The summed E-state index contributed by atoms with van der Waals surface area (Å²) in [6.07, 6.45) is 0. The van der Waals surface area contributed by atoms with Crippen LogP contribution in [-0.4, -0.2) is 16.6 Å². The highest BCUT2D eigenvalue weighted by Crippen LogP contribution is 2.34. The number of anilines is 1. The average Bonchev–Trinajstić information content (AvgIpc) is 3.12. The lowest BCUT2D eigenvalue weighted by Crippen LogP contribution is -2.14. The molecule has 6 heteroatoms. The number of benzene rings is 3. The molecule has 27 heavy (non-hydrogen) atoms. The number of halogens is 1. The van der Waals surface area contributed by atoms with Crippen LogP contribution in [0.25, 0.3) is 20.8 Å². The number of fused-ring (bicyclic) bond motifs is 1. The summed E-state index contributed by atoms with van der Waals surface area (Å²) in [7, 11) is 0. The molecular weight excluding hydrogens is 396 g/mol. The molecule has 4 rings (SSSR count). The zero-order chi connectivity index (χ0) is 18.6. The number of rotatable bonds is 5. The largest absolute Gasteiger partial charge is 0.325 e. The maximum absolute atomic E-state index is 12.4. The van der Waals surface area contributed by atoms with E-state index in [1.165, 1.54) is 11.8 Å². The predicted molar refractivity (Wildman–Crippen MR) is 116 cm³/mol. The van der Waals surface area contributed by atoms with Crippen LogP contribution in [0, 0.1) is 0 Å². The zero-order valence-corrected chi connectivity index (χ0v) is 16.6. The van der Waals surface area contributed by atoms with Crippen molar-refractivity contribution in [2.45, 2.75) is 4.90 Å². The summed E-state index contributed by atoms with van der Waals surface area (Å²) in [5.41, 5.74) is 2.68. The Kier molecular flexibility index (Phi) is 5.43. The lowest BCUT2D eigenvalue weighted by Gasteiger charge is -2.09. The quantitative estimate of drug-likeness (QED) is 0.390. The van der Waals surface area contributed by atoms with Gasteiger partial charge in [0.1, 0.15) is 5.01 Å². The van der Waals surface area contributed by atoms with Crippen LogP contribution in [0.15, 0.2) is 77.7 Å². The fourth-order valence-corrected chi connectivity index (χ4v) is 4.46. The lowest BCUT2D eigenvalue weighted by atomic mass is 10.2. The van der Waals surface area contributed by atoms with Gasteiger partial charge in [-0.1, -0.05) is 35.9 Å². The minimum atomic E-state index is -0.0523. The number of thioether (sulfide) groups is 1. The first kappa shape index (κ1) is 18.0. The van der Waals surface area contributed by atoms with Gasteiger partial charge in [0.2, 0.25) is 5.91 Å². The molecule has 0 radical (unpaired) electrons. The second kappa shape index (κ2) is 8.13. The third kappa shape index (κ3) is 4.33. The fourth-order valence-electron chi connectivity index (χ4n) is 2.63. The first-order valence-corrected chi connectivity index (χ1v) is 10.5. The molecular formula is C21H15ClN2OS2. The van der Waals surface area contributed by atoms with Gasteiger partial charge in [-0.3, -0.25) is 4.79 Å². The summed E-state index contributed by atoms with van der Waals surface area (Å²) in [5.74, 6) is 0.277. The van der Waals surface area contributed by atoms with Gasteiger partial charge in [0.05, 0.1) is 21.7 Å². The van der Waals surface area contributed by atoms with Crippen molar-refractivity contribution in [3.63, 3.8) is 0 Å². The first-order chi connectivity index (χ1) is 13.2. The second-order valence-electron chi connectivity index (χ2n) is 5.82. The Labute approximate surface area is 170 Å². The lowest BCUT2D eigenvalue weighted by molar-refractivity contribution is -0.113. The normalized spacial score (nSPS) is 10.9. The van der Waals surface area contributed by atoms with E-state index < -0.39 is 0 Å². The molecule has 134 valence electrons. The maximum atomic E-state index is 12.4. The highest BCUT2D eigenvalue weighted by molar-refractivity contribution is 8.00. The SMILES string of the molecule is O=C(CSc1ccc(Cl)cc1)Nc1ccccc1-c1nc2ccccc2s1. The molecule has 0 bridgehead atoms. The Bertz CT molecular complexity index is 1060. The summed E-state index contributed by atoms with van der Waals surface area (Å²) >= 11 is 8.99. The number of aromatic nitrogens is 1. The van der Waals surface area contributed by atoms with Crippen molar-refractivity contribution in [3.8, 4) is 10.6 Å². The van der Waals surface area contributed by atoms with Gasteiger partial charge in [-0.2, -0.15) is 0 Å². The third-order valence-electron chi connectivity index (χ3n) is 3.91. The Morgan fingerprint density at radius 2 is 1.74 bits per heavy atom.